The van der Waals surface area contributed by atoms with E-state index in [4.69, 9.17) is 0 Å². The Morgan fingerprint density at radius 1 is 1.56 bits per heavy atom. The lowest BCUT2D eigenvalue weighted by atomic mass is 10.1. The van der Waals surface area contributed by atoms with Crippen molar-refractivity contribution in [1.29, 1.82) is 0 Å². The largest absolute Gasteiger partial charge is 0.320 e. The van der Waals surface area contributed by atoms with Gasteiger partial charge in [-0.3, -0.25) is 4.90 Å². The summed E-state index contributed by atoms with van der Waals surface area (Å²) in [4.78, 5) is 2.68. The number of hydrogen-bond donors (Lipinski definition) is 1. The Morgan fingerprint density at radius 2 is 2.38 bits per heavy atom. The first-order valence-electron chi connectivity index (χ1n) is 6.22. The minimum absolute atomic E-state index is 0.694. The maximum Gasteiger partial charge on any atom is 0.0247 e. The number of nitrogens with one attached hydrogen (secondary N) is 1. The van der Waals surface area contributed by atoms with Crippen LogP contribution in [0, 0.1) is 0 Å². The zero-order valence-electron chi connectivity index (χ0n) is 10.3. The van der Waals surface area contributed by atoms with Gasteiger partial charge in [0.15, 0.2) is 0 Å². The molecule has 1 heterocycles. The van der Waals surface area contributed by atoms with Gasteiger partial charge in [0.2, 0.25) is 0 Å². The van der Waals surface area contributed by atoms with E-state index in [1.165, 1.54) is 24.8 Å². The van der Waals surface area contributed by atoms with Gasteiger partial charge in [-0.1, -0.05) is 0 Å². The first-order valence-corrected chi connectivity index (χ1v) is 7.17. The number of rotatable bonds is 7. The van der Waals surface area contributed by atoms with Crippen LogP contribution in [0.2, 0.25) is 0 Å². The second kappa shape index (κ2) is 5.80. The normalized spacial score (nSPS) is 17.9. The fourth-order valence-corrected chi connectivity index (χ4v) is 2.82. The lowest BCUT2D eigenvalue weighted by molar-refractivity contribution is 0.180. The van der Waals surface area contributed by atoms with Crippen molar-refractivity contribution in [1.82, 2.24) is 10.2 Å². The monoisotopic (exact) mass is 238 g/mol. The molecule has 1 N–H and O–H groups in total. The SMILES string of the molecule is CNCCC(C)N(Cc1ccsc1)C1CC1. The van der Waals surface area contributed by atoms with Crippen LogP contribution in [-0.2, 0) is 6.54 Å². The van der Waals surface area contributed by atoms with E-state index in [9.17, 15) is 0 Å². The molecule has 0 aliphatic heterocycles. The minimum atomic E-state index is 0.694. The molecule has 0 spiro atoms. The van der Waals surface area contributed by atoms with Crippen molar-refractivity contribution in [3.8, 4) is 0 Å². The van der Waals surface area contributed by atoms with Crippen molar-refractivity contribution in [2.45, 2.75) is 44.8 Å². The summed E-state index contributed by atoms with van der Waals surface area (Å²) < 4.78 is 0. The van der Waals surface area contributed by atoms with Gasteiger partial charge in [-0.15, -0.1) is 0 Å². The van der Waals surface area contributed by atoms with Crippen molar-refractivity contribution in [3.05, 3.63) is 22.4 Å². The van der Waals surface area contributed by atoms with Gasteiger partial charge in [-0.2, -0.15) is 11.3 Å². The van der Waals surface area contributed by atoms with Gasteiger partial charge in [-0.05, 0) is 62.2 Å². The molecule has 1 atom stereocenters. The molecule has 1 aliphatic rings. The molecule has 0 bridgehead atoms. The molecule has 1 fully saturated rings. The van der Waals surface area contributed by atoms with Crippen LogP contribution in [0.3, 0.4) is 0 Å². The summed E-state index contributed by atoms with van der Waals surface area (Å²) in [5.74, 6) is 0. The second-order valence-electron chi connectivity index (χ2n) is 4.78. The zero-order valence-corrected chi connectivity index (χ0v) is 11.1. The summed E-state index contributed by atoms with van der Waals surface area (Å²) in [6, 6.07) is 3.80. The molecule has 2 rings (SSSR count). The van der Waals surface area contributed by atoms with E-state index in [1.807, 2.05) is 7.05 Å². The predicted molar refractivity (Wildman–Crippen MR) is 70.9 cm³/mol. The molecule has 2 nitrogen and oxygen atoms in total. The summed E-state index contributed by atoms with van der Waals surface area (Å²) in [5, 5.41) is 7.70. The Labute approximate surface area is 103 Å². The average Bonchev–Trinajstić information content (AvgIpc) is 3.00. The maximum absolute atomic E-state index is 3.25. The third kappa shape index (κ3) is 3.30. The third-order valence-corrected chi connectivity index (χ3v) is 4.07. The van der Waals surface area contributed by atoms with Gasteiger partial charge in [0.1, 0.15) is 0 Å². The van der Waals surface area contributed by atoms with Gasteiger partial charge in [-0.25, -0.2) is 0 Å². The molecule has 0 saturated heterocycles. The van der Waals surface area contributed by atoms with Gasteiger partial charge >= 0.3 is 0 Å². The van der Waals surface area contributed by atoms with E-state index in [1.54, 1.807) is 11.3 Å². The molecule has 16 heavy (non-hydrogen) atoms. The van der Waals surface area contributed by atoms with Crippen LogP contribution < -0.4 is 5.32 Å². The van der Waals surface area contributed by atoms with E-state index < -0.39 is 0 Å². The number of nitrogens with zero attached hydrogens (tertiary/aromatic N) is 1. The van der Waals surface area contributed by atoms with Crippen LogP contribution in [0.1, 0.15) is 31.7 Å². The van der Waals surface area contributed by atoms with Gasteiger partial charge in [0.25, 0.3) is 0 Å². The Morgan fingerprint density at radius 3 is 2.94 bits per heavy atom. The third-order valence-electron chi connectivity index (χ3n) is 3.34. The van der Waals surface area contributed by atoms with E-state index in [0.29, 0.717) is 6.04 Å². The molecule has 1 aromatic heterocycles. The number of thiophene rings is 1. The Hall–Kier alpha value is -0.380. The zero-order chi connectivity index (χ0) is 11.4. The van der Waals surface area contributed by atoms with Crippen molar-refractivity contribution in [3.63, 3.8) is 0 Å². The summed E-state index contributed by atoms with van der Waals surface area (Å²) in [6.07, 6.45) is 4.04. The molecule has 3 heteroatoms. The molecule has 1 saturated carbocycles. The first-order chi connectivity index (χ1) is 7.81. The summed E-state index contributed by atoms with van der Waals surface area (Å²) in [7, 11) is 2.03. The molecule has 0 aromatic carbocycles. The second-order valence-corrected chi connectivity index (χ2v) is 5.56. The van der Waals surface area contributed by atoms with E-state index in [0.717, 1.165) is 19.1 Å². The van der Waals surface area contributed by atoms with Crippen LogP contribution in [-0.4, -0.2) is 30.6 Å². The van der Waals surface area contributed by atoms with Gasteiger partial charge in [0.05, 0.1) is 0 Å². The fourth-order valence-electron chi connectivity index (χ4n) is 2.16. The highest BCUT2D eigenvalue weighted by molar-refractivity contribution is 7.07. The highest BCUT2D eigenvalue weighted by atomic mass is 32.1. The standard InChI is InChI=1S/C13H22N2S/c1-11(5-7-14-2)15(13-3-4-13)9-12-6-8-16-10-12/h6,8,10-11,13-14H,3-5,7,9H2,1-2H3. The highest BCUT2D eigenvalue weighted by Crippen LogP contribution is 2.31. The Balaban J connectivity index is 1.89. The maximum atomic E-state index is 3.25. The smallest absolute Gasteiger partial charge is 0.0247 e. The number of hydrogen-bond acceptors (Lipinski definition) is 3. The van der Waals surface area contributed by atoms with Crippen LogP contribution in [0.25, 0.3) is 0 Å². The van der Waals surface area contributed by atoms with Crippen molar-refractivity contribution in [2.75, 3.05) is 13.6 Å². The first kappa shape index (κ1) is 12.1. The molecular formula is C13H22N2S. The molecule has 1 aromatic rings. The molecule has 1 aliphatic carbocycles. The van der Waals surface area contributed by atoms with Gasteiger partial charge in [0, 0.05) is 18.6 Å². The van der Waals surface area contributed by atoms with Crippen molar-refractivity contribution >= 4 is 11.3 Å². The molecule has 1 unspecified atom stereocenters. The minimum Gasteiger partial charge on any atom is -0.320 e. The molecule has 0 radical (unpaired) electrons. The predicted octanol–water partition coefficient (Wildman–Crippen LogP) is 2.71. The lowest BCUT2D eigenvalue weighted by Gasteiger charge is -2.29. The summed E-state index contributed by atoms with van der Waals surface area (Å²) >= 11 is 1.80. The van der Waals surface area contributed by atoms with Crippen LogP contribution in [0.5, 0.6) is 0 Å². The lowest BCUT2D eigenvalue weighted by Crippen LogP contribution is -2.36. The Bertz CT molecular complexity index is 293. The van der Waals surface area contributed by atoms with Crippen LogP contribution in [0.15, 0.2) is 16.8 Å². The van der Waals surface area contributed by atoms with Crippen LogP contribution in [0.4, 0.5) is 0 Å². The average molecular weight is 238 g/mol. The van der Waals surface area contributed by atoms with E-state index in [2.05, 4.69) is 34.0 Å². The quantitative estimate of drug-likeness (QED) is 0.786. The fraction of sp³-hybridized carbons (Fsp3) is 0.692. The van der Waals surface area contributed by atoms with Crippen molar-refractivity contribution in [2.24, 2.45) is 0 Å². The molecule has 90 valence electrons. The van der Waals surface area contributed by atoms with E-state index in [-0.39, 0.29) is 0 Å². The van der Waals surface area contributed by atoms with E-state index >= 15 is 0 Å². The molecular weight excluding hydrogens is 216 g/mol. The van der Waals surface area contributed by atoms with Gasteiger partial charge < -0.3 is 5.32 Å². The Kier molecular flexibility index (Phi) is 4.38. The van der Waals surface area contributed by atoms with Crippen molar-refractivity contribution < 1.29 is 0 Å². The summed E-state index contributed by atoms with van der Waals surface area (Å²) in [5.41, 5.74) is 1.48. The molecule has 0 amide bonds. The highest BCUT2D eigenvalue weighted by Gasteiger charge is 2.31. The topological polar surface area (TPSA) is 15.3 Å². The van der Waals surface area contributed by atoms with Crippen LogP contribution >= 0.6 is 11.3 Å². The summed E-state index contributed by atoms with van der Waals surface area (Å²) in [6.45, 7) is 4.62.